The first-order chi connectivity index (χ1) is 10.4. The van der Waals surface area contributed by atoms with Crippen molar-refractivity contribution in [3.05, 3.63) is 62.1 Å². The summed E-state index contributed by atoms with van der Waals surface area (Å²) >= 11 is 17.8. The number of ether oxygens (including phenoxy) is 1. The molecule has 0 aromatic heterocycles. The maximum atomic E-state index is 11.0. The van der Waals surface area contributed by atoms with Crippen molar-refractivity contribution in [1.29, 1.82) is 5.26 Å². The van der Waals surface area contributed by atoms with Gasteiger partial charge in [-0.1, -0.05) is 34.8 Å². The highest BCUT2D eigenvalue weighted by Gasteiger charge is 2.11. The molecule has 0 fully saturated rings. The minimum absolute atomic E-state index is 0.0119. The Morgan fingerprint density at radius 1 is 1.18 bits per heavy atom. The first-order valence-corrected chi connectivity index (χ1v) is 7.09. The molecule has 112 valence electrons. The summed E-state index contributed by atoms with van der Waals surface area (Å²) in [6.07, 6.45) is 0. The fraction of sp³-hybridized carbons (Fsp3) is 0.0667. The Balaban J connectivity index is 2.25. The van der Waals surface area contributed by atoms with Gasteiger partial charge in [0.05, 0.1) is 27.2 Å². The van der Waals surface area contributed by atoms with Crippen LogP contribution in [0.4, 0.5) is 0 Å². The number of carboxylic acids is 1. The molecule has 2 rings (SSSR count). The molecule has 2 aromatic rings. The summed E-state index contributed by atoms with van der Waals surface area (Å²) in [7, 11) is 0. The Bertz CT molecular complexity index is 784. The van der Waals surface area contributed by atoms with Crippen LogP contribution in [0.15, 0.2) is 30.3 Å². The topological polar surface area (TPSA) is 70.3 Å². The zero-order chi connectivity index (χ0) is 16.3. The molecule has 0 aliphatic carbocycles. The molecule has 0 aliphatic heterocycles. The second-order valence-corrected chi connectivity index (χ2v) is 5.46. The predicted octanol–water partition coefficient (Wildman–Crippen LogP) is 4.80. The minimum atomic E-state index is -1.12. The Morgan fingerprint density at radius 2 is 1.91 bits per heavy atom. The zero-order valence-electron chi connectivity index (χ0n) is 10.9. The van der Waals surface area contributed by atoms with E-state index in [4.69, 9.17) is 49.9 Å². The summed E-state index contributed by atoms with van der Waals surface area (Å²) in [4.78, 5) is 11.0. The van der Waals surface area contributed by atoms with Gasteiger partial charge in [-0.05, 0) is 35.9 Å². The van der Waals surface area contributed by atoms with Crippen LogP contribution in [0.5, 0.6) is 5.75 Å². The van der Waals surface area contributed by atoms with E-state index in [0.717, 1.165) is 0 Å². The van der Waals surface area contributed by atoms with Crippen LogP contribution >= 0.6 is 34.8 Å². The molecular formula is C15H8Cl3NO3. The standard InChI is InChI=1S/C15H8Cl3NO3/c16-11-1-2-12(14(18)13(11)17)22-7-9-3-8(6-19)4-10(5-9)15(20)21/h1-5H,7H2,(H,20,21). The van der Waals surface area contributed by atoms with Gasteiger partial charge < -0.3 is 9.84 Å². The highest BCUT2D eigenvalue weighted by Crippen LogP contribution is 2.37. The van der Waals surface area contributed by atoms with E-state index < -0.39 is 5.97 Å². The van der Waals surface area contributed by atoms with E-state index in [9.17, 15) is 4.79 Å². The van der Waals surface area contributed by atoms with Crippen LogP contribution in [0.1, 0.15) is 21.5 Å². The number of carboxylic acid groups (broad SMARTS) is 1. The van der Waals surface area contributed by atoms with E-state index in [1.807, 2.05) is 6.07 Å². The summed E-state index contributed by atoms with van der Waals surface area (Å²) in [6, 6.07) is 9.26. The van der Waals surface area contributed by atoms with Crippen molar-refractivity contribution in [2.24, 2.45) is 0 Å². The molecule has 0 saturated heterocycles. The van der Waals surface area contributed by atoms with Crippen LogP contribution in [0, 0.1) is 11.3 Å². The maximum Gasteiger partial charge on any atom is 0.335 e. The van der Waals surface area contributed by atoms with Crippen molar-refractivity contribution in [3.63, 3.8) is 0 Å². The number of nitriles is 1. The van der Waals surface area contributed by atoms with E-state index >= 15 is 0 Å². The number of rotatable bonds is 4. The second-order valence-electron chi connectivity index (χ2n) is 4.30. The van der Waals surface area contributed by atoms with Gasteiger partial charge in [-0.3, -0.25) is 0 Å². The maximum absolute atomic E-state index is 11.0. The van der Waals surface area contributed by atoms with Crippen LogP contribution in [0.25, 0.3) is 0 Å². The summed E-state index contributed by atoms with van der Waals surface area (Å²) in [5.74, 6) is -0.804. The Hall–Kier alpha value is -1.93. The Kier molecular flexibility index (Phi) is 5.15. The summed E-state index contributed by atoms with van der Waals surface area (Å²) in [5.41, 5.74) is 0.773. The molecule has 0 atom stereocenters. The van der Waals surface area contributed by atoms with Crippen molar-refractivity contribution in [2.75, 3.05) is 0 Å². The molecule has 0 heterocycles. The van der Waals surface area contributed by atoms with Gasteiger partial charge in [0.2, 0.25) is 0 Å². The number of benzene rings is 2. The normalized spacial score (nSPS) is 10.1. The monoisotopic (exact) mass is 355 g/mol. The lowest BCUT2D eigenvalue weighted by atomic mass is 10.1. The lowest BCUT2D eigenvalue weighted by Crippen LogP contribution is -2.02. The largest absolute Gasteiger partial charge is 0.487 e. The smallest absolute Gasteiger partial charge is 0.335 e. The molecule has 1 N–H and O–H groups in total. The van der Waals surface area contributed by atoms with Gasteiger partial charge in [0, 0.05) is 0 Å². The first-order valence-electron chi connectivity index (χ1n) is 5.96. The molecule has 22 heavy (non-hydrogen) atoms. The summed E-state index contributed by atoms with van der Waals surface area (Å²) in [6.45, 7) is 0.0352. The molecule has 2 aromatic carbocycles. The number of hydrogen-bond donors (Lipinski definition) is 1. The highest BCUT2D eigenvalue weighted by atomic mass is 35.5. The highest BCUT2D eigenvalue weighted by molar-refractivity contribution is 6.48. The SMILES string of the molecule is N#Cc1cc(COc2ccc(Cl)c(Cl)c2Cl)cc(C(=O)O)c1. The average Bonchev–Trinajstić information content (AvgIpc) is 2.51. The Labute approximate surface area is 141 Å². The average molecular weight is 357 g/mol. The third kappa shape index (κ3) is 3.63. The van der Waals surface area contributed by atoms with Crippen LogP contribution in [0.2, 0.25) is 15.1 Å². The molecule has 7 heteroatoms. The first kappa shape index (κ1) is 16.4. The van der Waals surface area contributed by atoms with Gasteiger partial charge in [-0.2, -0.15) is 5.26 Å². The fourth-order valence-electron chi connectivity index (χ4n) is 1.74. The van der Waals surface area contributed by atoms with E-state index in [1.165, 1.54) is 18.2 Å². The van der Waals surface area contributed by atoms with Gasteiger partial charge in [0.25, 0.3) is 0 Å². The fourth-order valence-corrected chi connectivity index (χ4v) is 2.33. The summed E-state index contributed by atoms with van der Waals surface area (Å²) < 4.78 is 5.52. The molecule has 0 saturated carbocycles. The number of nitrogens with zero attached hydrogens (tertiary/aromatic N) is 1. The number of hydrogen-bond acceptors (Lipinski definition) is 3. The van der Waals surface area contributed by atoms with Gasteiger partial charge in [0.1, 0.15) is 17.4 Å². The number of halogens is 3. The van der Waals surface area contributed by atoms with E-state index in [1.54, 1.807) is 12.1 Å². The number of carbonyl (C=O) groups is 1. The second kappa shape index (κ2) is 6.89. The van der Waals surface area contributed by atoms with Crippen LogP contribution in [-0.4, -0.2) is 11.1 Å². The van der Waals surface area contributed by atoms with Gasteiger partial charge in [-0.25, -0.2) is 4.79 Å². The van der Waals surface area contributed by atoms with E-state index in [0.29, 0.717) is 16.3 Å². The minimum Gasteiger partial charge on any atom is -0.487 e. The van der Waals surface area contributed by atoms with Crippen molar-refractivity contribution >= 4 is 40.8 Å². The van der Waals surface area contributed by atoms with Crippen molar-refractivity contribution < 1.29 is 14.6 Å². The number of aromatic carboxylic acids is 1. The molecule has 0 amide bonds. The third-order valence-corrected chi connectivity index (χ3v) is 4.04. The van der Waals surface area contributed by atoms with E-state index in [2.05, 4.69) is 0 Å². The van der Waals surface area contributed by atoms with Gasteiger partial charge in [-0.15, -0.1) is 0 Å². The van der Waals surface area contributed by atoms with Crippen LogP contribution in [-0.2, 0) is 6.61 Å². The van der Waals surface area contributed by atoms with Gasteiger partial charge in [0.15, 0.2) is 0 Å². The molecule has 4 nitrogen and oxygen atoms in total. The quantitative estimate of drug-likeness (QED) is 0.799. The summed E-state index contributed by atoms with van der Waals surface area (Å²) in [5, 5.41) is 18.6. The molecule has 0 bridgehead atoms. The lowest BCUT2D eigenvalue weighted by molar-refractivity contribution is 0.0696. The molecule has 0 aliphatic rings. The predicted molar refractivity (Wildman–Crippen MR) is 83.9 cm³/mol. The van der Waals surface area contributed by atoms with Crippen LogP contribution < -0.4 is 4.74 Å². The Morgan fingerprint density at radius 3 is 2.55 bits per heavy atom. The molecule has 0 radical (unpaired) electrons. The van der Waals surface area contributed by atoms with Crippen molar-refractivity contribution in [3.8, 4) is 11.8 Å². The van der Waals surface area contributed by atoms with Gasteiger partial charge >= 0.3 is 5.97 Å². The molecule has 0 unspecified atom stereocenters. The van der Waals surface area contributed by atoms with Crippen LogP contribution in [0.3, 0.4) is 0 Å². The third-order valence-electron chi connectivity index (χ3n) is 2.76. The molecular weight excluding hydrogens is 349 g/mol. The zero-order valence-corrected chi connectivity index (χ0v) is 13.2. The lowest BCUT2D eigenvalue weighted by Gasteiger charge is -2.10. The molecule has 0 spiro atoms. The van der Waals surface area contributed by atoms with E-state index in [-0.39, 0.29) is 27.8 Å². The van der Waals surface area contributed by atoms with Crippen molar-refractivity contribution in [2.45, 2.75) is 6.61 Å². The van der Waals surface area contributed by atoms with Crippen molar-refractivity contribution in [1.82, 2.24) is 0 Å².